The van der Waals surface area contributed by atoms with Crippen molar-refractivity contribution in [3.05, 3.63) is 0 Å². The minimum atomic E-state index is 0.747. The number of rotatable bonds is 2. The van der Waals surface area contributed by atoms with Crippen molar-refractivity contribution in [1.82, 2.24) is 10.2 Å². The minimum absolute atomic E-state index is 0.747. The summed E-state index contributed by atoms with van der Waals surface area (Å²) in [6.07, 6.45) is 5.62. The Morgan fingerprint density at radius 3 is 2.69 bits per heavy atom. The van der Waals surface area contributed by atoms with Crippen LogP contribution in [0.15, 0.2) is 0 Å². The average molecular weight is 182 g/mol. The van der Waals surface area contributed by atoms with Crippen molar-refractivity contribution in [3.63, 3.8) is 0 Å². The van der Waals surface area contributed by atoms with E-state index >= 15 is 0 Å². The Morgan fingerprint density at radius 1 is 1.38 bits per heavy atom. The van der Waals surface area contributed by atoms with Crippen LogP contribution in [0.1, 0.15) is 39.5 Å². The lowest BCUT2D eigenvalue weighted by Gasteiger charge is -2.46. The summed E-state index contributed by atoms with van der Waals surface area (Å²) in [7, 11) is 0. The van der Waals surface area contributed by atoms with Crippen LogP contribution in [0, 0.1) is 0 Å². The van der Waals surface area contributed by atoms with Crippen molar-refractivity contribution in [2.75, 3.05) is 13.1 Å². The summed E-state index contributed by atoms with van der Waals surface area (Å²) >= 11 is 0. The summed E-state index contributed by atoms with van der Waals surface area (Å²) in [5.41, 5.74) is 0. The second-order valence-corrected chi connectivity index (χ2v) is 4.64. The van der Waals surface area contributed by atoms with E-state index in [1.165, 1.54) is 38.8 Å². The van der Waals surface area contributed by atoms with Gasteiger partial charge in [-0.3, -0.25) is 4.90 Å². The Hall–Kier alpha value is -0.0800. The third-order valence-corrected chi connectivity index (χ3v) is 3.74. The second kappa shape index (κ2) is 3.97. The van der Waals surface area contributed by atoms with Crippen LogP contribution in [0.5, 0.6) is 0 Å². The molecule has 0 bridgehead atoms. The van der Waals surface area contributed by atoms with Crippen molar-refractivity contribution < 1.29 is 0 Å². The van der Waals surface area contributed by atoms with Gasteiger partial charge >= 0.3 is 0 Å². The lowest BCUT2D eigenvalue weighted by molar-refractivity contribution is 0.0494. The standard InChI is InChI=1S/C11H22N2/c1-3-10-8-13(9(2)7-12-10)11-5-4-6-11/h9-12H,3-8H2,1-2H3. The predicted molar refractivity (Wildman–Crippen MR) is 55.9 cm³/mol. The summed E-state index contributed by atoms with van der Waals surface area (Å²) in [5.74, 6) is 0. The Bertz CT molecular complexity index is 163. The van der Waals surface area contributed by atoms with Crippen molar-refractivity contribution >= 4 is 0 Å². The molecule has 2 unspecified atom stereocenters. The highest BCUT2D eigenvalue weighted by molar-refractivity contribution is 4.90. The third kappa shape index (κ3) is 1.89. The predicted octanol–water partition coefficient (Wildman–Crippen LogP) is 1.61. The zero-order chi connectivity index (χ0) is 9.26. The molecule has 2 nitrogen and oxygen atoms in total. The lowest BCUT2D eigenvalue weighted by atomic mass is 9.89. The molecule has 0 aromatic heterocycles. The van der Waals surface area contributed by atoms with Gasteiger partial charge in [-0.1, -0.05) is 13.3 Å². The molecule has 1 heterocycles. The third-order valence-electron chi connectivity index (χ3n) is 3.74. The van der Waals surface area contributed by atoms with Gasteiger partial charge in [-0.15, -0.1) is 0 Å². The molecule has 1 saturated heterocycles. The van der Waals surface area contributed by atoms with Gasteiger partial charge in [-0.25, -0.2) is 0 Å². The van der Waals surface area contributed by atoms with E-state index in [2.05, 4.69) is 24.1 Å². The quantitative estimate of drug-likeness (QED) is 0.698. The molecule has 0 aromatic carbocycles. The van der Waals surface area contributed by atoms with Crippen LogP contribution in [0.4, 0.5) is 0 Å². The SMILES string of the molecule is CCC1CN(C2CCC2)C(C)CN1. The smallest absolute Gasteiger partial charge is 0.0196 e. The number of nitrogens with one attached hydrogen (secondary N) is 1. The normalized spacial score (nSPS) is 37.4. The van der Waals surface area contributed by atoms with E-state index in [0.717, 1.165) is 18.1 Å². The maximum atomic E-state index is 3.61. The molecule has 1 aliphatic heterocycles. The van der Waals surface area contributed by atoms with E-state index in [9.17, 15) is 0 Å². The van der Waals surface area contributed by atoms with Gasteiger partial charge in [-0.05, 0) is 26.2 Å². The number of hydrogen-bond acceptors (Lipinski definition) is 2. The molecular weight excluding hydrogens is 160 g/mol. The van der Waals surface area contributed by atoms with Crippen LogP contribution in [0.3, 0.4) is 0 Å². The number of piperazine rings is 1. The summed E-state index contributed by atoms with van der Waals surface area (Å²) in [4.78, 5) is 2.73. The van der Waals surface area contributed by atoms with Crippen molar-refractivity contribution in [2.45, 2.75) is 57.7 Å². The van der Waals surface area contributed by atoms with Crippen molar-refractivity contribution in [1.29, 1.82) is 0 Å². The fourth-order valence-electron chi connectivity index (χ4n) is 2.45. The Morgan fingerprint density at radius 2 is 2.15 bits per heavy atom. The molecule has 1 saturated carbocycles. The fourth-order valence-corrected chi connectivity index (χ4v) is 2.45. The van der Waals surface area contributed by atoms with E-state index in [-0.39, 0.29) is 0 Å². The highest BCUT2D eigenvalue weighted by atomic mass is 15.3. The Balaban J connectivity index is 1.90. The largest absolute Gasteiger partial charge is 0.311 e. The lowest BCUT2D eigenvalue weighted by Crippen LogP contribution is -2.59. The molecule has 2 rings (SSSR count). The topological polar surface area (TPSA) is 15.3 Å². The second-order valence-electron chi connectivity index (χ2n) is 4.64. The van der Waals surface area contributed by atoms with Crippen molar-refractivity contribution in [3.8, 4) is 0 Å². The van der Waals surface area contributed by atoms with Gasteiger partial charge in [0.05, 0.1) is 0 Å². The highest BCUT2D eigenvalue weighted by Crippen LogP contribution is 2.27. The fraction of sp³-hybridized carbons (Fsp3) is 1.00. The van der Waals surface area contributed by atoms with E-state index < -0.39 is 0 Å². The summed E-state index contributed by atoms with van der Waals surface area (Å²) < 4.78 is 0. The molecule has 76 valence electrons. The maximum absolute atomic E-state index is 3.61. The monoisotopic (exact) mass is 182 g/mol. The first-order valence-electron chi connectivity index (χ1n) is 5.80. The molecule has 2 atom stereocenters. The van der Waals surface area contributed by atoms with Crippen LogP contribution in [0.25, 0.3) is 0 Å². The van der Waals surface area contributed by atoms with E-state index in [1.54, 1.807) is 0 Å². The maximum Gasteiger partial charge on any atom is 0.0196 e. The van der Waals surface area contributed by atoms with E-state index in [1.807, 2.05) is 0 Å². The zero-order valence-corrected chi connectivity index (χ0v) is 8.92. The van der Waals surface area contributed by atoms with Crippen LogP contribution >= 0.6 is 0 Å². The highest BCUT2D eigenvalue weighted by Gasteiger charge is 2.32. The van der Waals surface area contributed by atoms with E-state index in [4.69, 9.17) is 0 Å². The zero-order valence-electron chi connectivity index (χ0n) is 8.92. The molecule has 0 amide bonds. The summed E-state index contributed by atoms with van der Waals surface area (Å²) in [6, 6.07) is 2.43. The van der Waals surface area contributed by atoms with Crippen LogP contribution < -0.4 is 5.32 Å². The molecule has 0 radical (unpaired) electrons. The van der Waals surface area contributed by atoms with E-state index in [0.29, 0.717) is 0 Å². The Labute approximate surface area is 81.7 Å². The molecule has 2 aliphatic rings. The number of hydrogen-bond donors (Lipinski definition) is 1. The first kappa shape index (κ1) is 9.47. The molecule has 0 aromatic rings. The molecule has 1 aliphatic carbocycles. The molecule has 2 heteroatoms. The average Bonchev–Trinajstić information content (AvgIpc) is 2.06. The van der Waals surface area contributed by atoms with Gasteiger partial charge in [0.1, 0.15) is 0 Å². The minimum Gasteiger partial charge on any atom is -0.311 e. The molecular formula is C11H22N2. The van der Waals surface area contributed by atoms with Crippen molar-refractivity contribution in [2.24, 2.45) is 0 Å². The van der Waals surface area contributed by atoms with Gasteiger partial charge in [0.2, 0.25) is 0 Å². The number of nitrogens with zero attached hydrogens (tertiary/aromatic N) is 1. The summed E-state index contributed by atoms with van der Waals surface area (Å²) in [5, 5.41) is 3.61. The van der Waals surface area contributed by atoms with Gasteiger partial charge in [0.25, 0.3) is 0 Å². The van der Waals surface area contributed by atoms with Crippen LogP contribution in [0.2, 0.25) is 0 Å². The Kier molecular flexibility index (Phi) is 2.89. The van der Waals surface area contributed by atoms with Gasteiger partial charge in [0, 0.05) is 31.2 Å². The molecule has 2 fully saturated rings. The first-order chi connectivity index (χ1) is 6.31. The first-order valence-corrected chi connectivity index (χ1v) is 5.80. The molecule has 13 heavy (non-hydrogen) atoms. The summed E-state index contributed by atoms with van der Waals surface area (Å²) in [6.45, 7) is 7.11. The van der Waals surface area contributed by atoms with Gasteiger partial charge < -0.3 is 5.32 Å². The van der Waals surface area contributed by atoms with Gasteiger partial charge in [-0.2, -0.15) is 0 Å². The molecule has 0 spiro atoms. The van der Waals surface area contributed by atoms with Gasteiger partial charge in [0.15, 0.2) is 0 Å². The van der Waals surface area contributed by atoms with Crippen LogP contribution in [-0.4, -0.2) is 36.1 Å². The molecule has 1 N–H and O–H groups in total. The van der Waals surface area contributed by atoms with Crippen LogP contribution in [-0.2, 0) is 0 Å².